The fourth-order valence-corrected chi connectivity index (χ4v) is 14.4. The number of primary amides is 1. The van der Waals surface area contributed by atoms with Gasteiger partial charge in [-0.1, -0.05) is 62.5 Å². The number of aliphatic hydroxyl groups excluding tert-OH is 2. The van der Waals surface area contributed by atoms with Crippen molar-refractivity contribution in [2.24, 2.45) is 11.7 Å². The van der Waals surface area contributed by atoms with Crippen LogP contribution in [-0.2, 0) is 25.6 Å². The SMILES string of the molecule is C=C(NC(=O)C(=C)NC(=O)c1csc(-c2ccc3c(n2)-c2csc(n2)-c2csc(n2)C(C(C)CCO)NC(=O)C(Cc2ccc(O)cc2)NC(=O)c2csc(n2)C(C(O)c2ccccc2)NC(=O)c2nc(sc2C)C(CC(N)=O)NC(=O)c2csc-3n2)n1)C(=O)O. The third kappa shape index (κ3) is 15.0. The number of aliphatic hydroxyl groups is 2. The summed E-state index contributed by atoms with van der Waals surface area (Å²) in [5, 5.41) is 66.7. The molecular weight excluding hydrogens is 1290 g/mol. The summed E-state index contributed by atoms with van der Waals surface area (Å²) in [5.74, 6) is -7.52. The van der Waals surface area contributed by atoms with E-state index in [2.05, 4.69) is 54.7 Å². The Balaban J connectivity index is 1.05. The number of hydrogen-bond acceptors (Lipinski definition) is 24. The monoisotopic (exact) mass is 1340 g/mol. The van der Waals surface area contributed by atoms with Crippen LogP contribution < -0.4 is 37.6 Å². The number of aryl methyl sites for hydroxylation is 1. The van der Waals surface area contributed by atoms with Crippen molar-refractivity contribution in [3.05, 3.63) is 172 Å². The molecule has 0 radical (unpaired) electrons. The minimum absolute atomic E-state index is 0.0236. The molecule has 1 aliphatic heterocycles. The number of nitrogens with two attached hydrogens (primary N) is 1. The van der Waals surface area contributed by atoms with Gasteiger partial charge in [-0.15, -0.1) is 68.0 Å². The number of aromatic hydroxyl groups is 1. The maximum absolute atomic E-state index is 14.8. The van der Waals surface area contributed by atoms with Crippen LogP contribution in [0.5, 0.6) is 5.75 Å². The summed E-state index contributed by atoms with van der Waals surface area (Å²) >= 11 is 6.53. The van der Waals surface area contributed by atoms with E-state index < -0.39 is 101 Å². The molecule has 91 heavy (non-hydrogen) atoms. The molecule has 9 aromatic rings. The van der Waals surface area contributed by atoms with Gasteiger partial charge in [0.1, 0.15) is 99.5 Å². The van der Waals surface area contributed by atoms with Crippen molar-refractivity contribution in [2.45, 2.75) is 63.4 Å². The lowest BCUT2D eigenvalue weighted by molar-refractivity contribution is -0.134. The number of aromatic nitrogens is 7. The molecule has 10 rings (SSSR count). The molecule has 7 aromatic heterocycles. The lowest BCUT2D eigenvalue weighted by atomic mass is 9.97. The third-order valence-corrected chi connectivity index (χ3v) is 19.4. The van der Waals surface area contributed by atoms with E-state index in [-0.39, 0.29) is 74.4 Å². The fraction of sp³-hybridized carbons (Fsp3) is 0.203. The first kappa shape index (κ1) is 64.3. The van der Waals surface area contributed by atoms with Crippen molar-refractivity contribution in [1.82, 2.24) is 66.8 Å². The molecule has 8 heterocycles. The number of aliphatic carboxylic acids is 1. The Morgan fingerprint density at radius 2 is 1.26 bits per heavy atom. The molecule has 32 heteroatoms. The first-order valence-corrected chi connectivity index (χ1v) is 32.5. The first-order valence-electron chi connectivity index (χ1n) is 27.2. The second-order valence-electron chi connectivity index (χ2n) is 20.4. The second kappa shape index (κ2) is 28.0. The Hall–Kier alpha value is -9.67. The van der Waals surface area contributed by atoms with E-state index in [1.54, 1.807) is 72.3 Å². The van der Waals surface area contributed by atoms with Gasteiger partial charge in [-0.05, 0) is 54.7 Å². The summed E-state index contributed by atoms with van der Waals surface area (Å²) in [6.07, 6.45) is -1.70. The number of nitrogens with one attached hydrogen (secondary N) is 6. The largest absolute Gasteiger partial charge is 0.508 e. The molecule has 12 N–H and O–H groups in total. The van der Waals surface area contributed by atoms with Crippen LogP contribution in [0, 0.1) is 12.8 Å². The highest BCUT2D eigenvalue weighted by Gasteiger charge is 2.35. The summed E-state index contributed by atoms with van der Waals surface area (Å²) < 4.78 is 0. The standard InChI is InChI=1S/C59H52N14O12S6/c1-25(16-17-74)42-57-70-40(24-90-57)55-66-36(20-87-55)44-32(14-15-33(63-44)54-68-37(22-88-54)49(80)61-26(2)47(78)62-27(3)59(84)85)53-67-38(21-86-53)51(82)65-35(19-41(60)76)56-73-43(28(4)91-56)52(83)72-45(46(77)30-8-6-5-7-9-30)58-69-39(23-89-58)50(81)64-34(48(79)71-42)18-29-10-12-31(75)13-11-29/h5-15,20-25,34-35,42,45-46,74-75,77H,2-3,16-19H2,1,4H3,(H2,60,76)(H,61,80)(H,62,78)(H,64,81)(H,65,82)(H,71,79)(H,72,83)(H,84,85). The maximum atomic E-state index is 14.8. The summed E-state index contributed by atoms with van der Waals surface area (Å²) in [6, 6.07) is 13.3. The molecule has 6 atom stereocenters. The molecule has 0 saturated carbocycles. The number of benzene rings is 2. The number of rotatable bonds is 15. The number of thiazole rings is 6. The number of amides is 7. The van der Waals surface area contributed by atoms with Crippen LogP contribution in [0.2, 0.25) is 0 Å². The minimum Gasteiger partial charge on any atom is -0.508 e. The number of nitrogens with zero attached hydrogens (tertiary/aromatic N) is 7. The van der Waals surface area contributed by atoms with Gasteiger partial charge in [-0.25, -0.2) is 39.7 Å². The van der Waals surface area contributed by atoms with Gasteiger partial charge in [-0.3, -0.25) is 33.6 Å². The quantitative estimate of drug-likeness (QED) is 0.0485. The summed E-state index contributed by atoms with van der Waals surface area (Å²) in [6.45, 7) is 9.96. The van der Waals surface area contributed by atoms with Gasteiger partial charge < -0.3 is 58.1 Å². The van der Waals surface area contributed by atoms with Crippen molar-refractivity contribution in [3.63, 3.8) is 0 Å². The lowest BCUT2D eigenvalue weighted by Gasteiger charge is -2.26. The minimum atomic E-state index is -1.49. The van der Waals surface area contributed by atoms with Gasteiger partial charge >= 0.3 is 5.97 Å². The van der Waals surface area contributed by atoms with Gasteiger partial charge in [0, 0.05) is 50.4 Å². The highest BCUT2D eigenvalue weighted by molar-refractivity contribution is 7.15. The van der Waals surface area contributed by atoms with Gasteiger partial charge in [-0.2, -0.15) is 0 Å². The van der Waals surface area contributed by atoms with Crippen molar-refractivity contribution >= 4 is 115 Å². The van der Waals surface area contributed by atoms with Crippen LogP contribution >= 0.6 is 68.0 Å². The Morgan fingerprint density at radius 3 is 1.98 bits per heavy atom. The van der Waals surface area contributed by atoms with Gasteiger partial charge in [0.2, 0.25) is 11.8 Å². The Kier molecular flexibility index (Phi) is 19.8. The molecule has 1 aliphatic rings. The predicted molar refractivity (Wildman–Crippen MR) is 340 cm³/mol. The third-order valence-electron chi connectivity index (χ3n) is 13.9. The number of fused-ring (bicyclic) bond motifs is 14. The summed E-state index contributed by atoms with van der Waals surface area (Å²) in [7, 11) is 0. The average Bonchev–Trinajstić information content (AvgIpc) is 1.72. The number of carboxylic acid groups (broad SMARTS) is 1. The predicted octanol–water partition coefficient (Wildman–Crippen LogP) is 6.54. The molecule has 466 valence electrons. The zero-order chi connectivity index (χ0) is 64.8. The molecule has 6 unspecified atom stereocenters. The van der Waals surface area contributed by atoms with Gasteiger partial charge in [0.05, 0.1) is 29.9 Å². The topological polar surface area (TPSA) is 406 Å². The second-order valence-corrected chi connectivity index (χ2v) is 25.9. The summed E-state index contributed by atoms with van der Waals surface area (Å²) in [4.78, 5) is 141. The Bertz CT molecular complexity index is 4310. The van der Waals surface area contributed by atoms with Crippen molar-refractivity contribution in [2.75, 3.05) is 6.61 Å². The zero-order valence-corrected chi connectivity index (χ0v) is 52.6. The number of phenols is 1. The smallest absolute Gasteiger partial charge is 0.351 e. The van der Waals surface area contributed by atoms with Crippen LogP contribution in [0.3, 0.4) is 0 Å². The molecule has 2 aromatic carbocycles. The Labute approximate surface area is 540 Å². The van der Waals surface area contributed by atoms with E-state index in [4.69, 9.17) is 30.8 Å². The molecule has 0 aliphatic carbocycles. The number of carbonyl (C=O) groups excluding carboxylic acids is 7. The number of carboxylic acids is 1. The average molecular weight is 1340 g/mol. The van der Waals surface area contributed by atoms with E-state index in [1.165, 1.54) is 50.9 Å². The van der Waals surface area contributed by atoms with E-state index in [1.807, 2.05) is 12.2 Å². The van der Waals surface area contributed by atoms with Gasteiger partial charge in [0.25, 0.3) is 29.5 Å². The molecule has 0 saturated heterocycles. The van der Waals surface area contributed by atoms with E-state index >= 15 is 0 Å². The molecular formula is C59H52N14O12S6. The Morgan fingerprint density at radius 1 is 0.637 bits per heavy atom. The van der Waals surface area contributed by atoms with Crippen LogP contribution in [0.1, 0.15) is 117 Å². The van der Waals surface area contributed by atoms with E-state index in [0.29, 0.717) is 48.0 Å². The van der Waals surface area contributed by atoms with E-state index in [0.717, 1.165) is 45.3 Å². The molecule has 10 bridgehead atoms. The molecule has 7 amide bonds. The number of pyridine rings is 1. The van der Waals surface area contributed by atoms with Crippen LogP contribution in [0.4, 0.5) is 0 Å². The number of hydrogen-bond donors (Lipinski definition) is 11. The number of phenolic OH excluding ortho intramolecular Hbond substituents is 1. The van der Waals surface area contributed by atoms with Crippen LogP contribution in [0.25, 0.3) is 43.4 Å². The fourth-order valence-electron chi connectivity index (χ4n) is 9.15. The molecule has 0 spiro atoms. The maximum Gasteiger partial charge on any atom is 0.351 e. The van der Waals surface area contributed by atoms with E-state index in [9.17, 15) is 53.7 Å². The zero-order valence-electron chi connectivity index (χ0n) is 47.7. The van der Waals surface area contributed by atoms with Gasteiger partial charge in [0.15, 0.2) is 0 Å². The highest BCUT2D eigenvalue weighted by atomic mass is 32.1. The molecule has 0 fully saturated rings. The highest BCUT2D eigenvalue weighted by Crippen LogP contribution is 2.40. The van der Waals surface area contributed by atoms with Crippen molar-refractivity contribution in [3.8, 4) is 49.1 Å². The lowest BCUT2D eigenvalue weighted by Crippen LogP contribution is -2.49. The molecule has 26 nitrogen and oxygen atoms in total. The van der Waals surface area contributed by atoms with Crippen LogP contribution in [-0.4, -0.2) is 115 Å². The van der Waals surface area contributed by atoms with Crippen molar-refractivity contribution in [1.29, 1.82) is 0 Å². The van der Waals surface area contributed by atoms with Crippen LogP contribution in [0.15, 0.2) is 118 Å². The summed E-state index contributed by atoms with van der Waals surface area (Å²) in [5.41, 5.74) is 6.73. The number of carbonyl (C=O) groups is 8. The first-order chi connectivity index (χ1) is 43.6. The van der Waals surface area contributed by atoms with Crippen molar-refractivity contribution < 1.29 is 58.8 Å². The normalized spacial score (nSPS) is 16.8.